The van der Waals surface area contributed by atoms with Crippen LogP contribution in [0.1, 0.15) is 37.7 Å². The van der Waals surface area contributed by atoms with Crippen molar-refractivity contribution in [3.8, 4) is 0 Å². The highest BCUT2D eigenvalue weighted by molar-refractivity contribution is 9.10. The molecule has 2 unspecified atom stereocenters. The molecule has 126 valence electrons. The zero-order chi connectivity index (χ0) is 16.2. The molecule has 23 heavy (non-hydrogen) atoms. The maximum atomic E-state index is 5.73. The third-order valence-electron chi connectivity index (χ3n) is 4.76. The second-order valence-electron chi connectivity index (χ2n) is 6.33. The summed E-state index contributed by atoms with van der Waals surface area (Å²) in [5, 5.41) is 3.64. The van der Waals surface area contributed by atoms with Crippen LogP contribution in [0, 0.1) is 0 Å². The molecular formula is C18H26BrN3O. The minimum absolute atomic E-state index is 0.422. The molecule has 1 N–H and O–H groups in total. The van der Waals surface area contributed by atoms with Crippen molar-refractivity contribution in [3.63, 3.8) is 0 Å². The summed E-state index contributed by atoms with van der Waals surface area (Å²) in [6.07, 6.45) is 3.80. The number of piperidine rings is 1. The van der Waals surface area contributed by atoms with Crippen molar-refractivity contribution in [1.82, 2.24) is 10.2 Å². The van der Waals surface area contributed by atoms with Crippen LogP contribution in [0.3, 0.4) is 0 Å². The van der Waals surface area contributed by atoms with Crippen molar-refractivity contribution in [1.29, 1.82) is 0 Å². The molecule has 0 amide bonds. The third-order valence-corrected chi connectivity index (χ3v) is 5.29. The van der Waals surface area contributed by atoms with E-state index in [-0.39, 0.29) is 0 Å². The highest BCUT2D eigenvalue weighted by Crippen LogP contribution is 2.41. The molecule has 1 saturated carbocycles. The van der Waals surface area contributed by atoms with Gasteiger partial charge in [0.05, 0.1) is 6.10 Å². The van der Waals surface area contributed by atoms with Gasteiger partial charge in [-0.15, -0.1) is 0 Å². The van der Waals surface area contributed by atoms with Crippen molar-refractivity contribution in [2.75, 3.05) is 26.7 Å². The lowest BCUT2D eigenvalue weighted by Gasteiger charge is -2.34. The van der Waals surface area contributed by atoms with Crippen molar-refractivity contribution in [2.45, 2.75) is 44.2 Å². The molecule has 0 bridgehead atoms. The largest absolute Gasteiger partial charge is 0.378 e. The number of likely N-dealkylation sites (tertiary alicyclic amines) is 1. The molecular weight excluding hydrogens is 354 g/mol. The van der Waals surface area contributed by atoms with Crippen LogP contribution in [-0.4, -0.2) is 49.7 Å². The lowest BCUT2D eigenvalue weighted by molar-refractivity contribution is 0.0263. The first-order valence-electron chi connectivity index (χ1n) is 8.56. The van der Waals surface area contributed by atoms with Gasteiger partial charge in [0, 0.05) is 43.2 Å². The average Bonchev–Trinajstić information content (AvgIpc) is 3.34. The Labute approximate surface area is 147 Å². The molecule has 5 heteroatoms. The zero-order valence-corrected chi connectivity index (χ0v) is 15.6. The van der Waals surface area contributed by atoms with Gasteiger partial charge in [0.25, 0.3) is 0 Å². The summed E-state index contributed by atoms with van der Waals surface area (Å²) in [7, 11) is 1.88. The number of benzene rings is 1. The monoisotopic (exact) mass is 379 g/mol. The predicted molar refractivity (Wildman–Crippen MR) is 98.0 cm³/mol. The Morgan fingerprint density at radius 1 is 1.30 bits per heavy atom. The zero-order valence-electron chi connectivity index (χ0n) is 14.0. The fourth-order valence-electron chi connectivity index (χ4n) is 3.37. The fraction of sp³-hybridized carbons (Fsp3) is 0.611. The van der Waals surface area contributed by atoms with E-state index in [1.54, 1.807) is 0 Å². The first-order valence-corrected chi connectivity index (χ1v) is 9.36. The average molecular weight is 380 g/mol. The van der Waals surface area contributed by atoms with E-state index in [1.807, 2.05) is 7.05 Å². The molecule has 1 heterocycles. The van der Waals surface area contributed by atoms with E-state index in [1.165, 1.54) is 12.0 Å². The van der Waals surface area contributed by atoms with Crippen molar-refractivity contribution < 1.29 is 4.74 Å². The van der Waals surface area contributed by atoms with Crippen LogP contribution >= 0.6 is 15.9 Å². The van der Waals surface area contributed by atoms with Crippen LogP contribution in [0.5, 0.6) is 0 Å². The van der Waals surface area contributed by atoms with Gasteiger partial charge in [-0.2, -0.15) is 0 Å². The Kier molecular flexibility index (Phi) is 5.59. The number of rotatable bonds is 4. The van der Waals surface area contributed by atoms with Gasteiger partial charge in [0.1, 0.15) is 0 Å². The number of hydrogen-bond donors (Lipinski definition) is 1. The van der Waals surface area contributed by atoms with Crippen LogP contribution in [0.2, 0.25) is 0 Å². The van der Waals surface area contributed by atoms with Crippen LogP contribution in [0.4, 0.5) is 0 Å². The molecule has 1 aliphatic carbocycles. The Bertz CT molecular complexity index is 538. The molecule has 2 fully saturated rings. The Hall–Kier alpha value is -1.07. The van der Waals surface area contributed by atoms with Crippen molar-refractivity contribution in [3.05, 3.63) is 34.3 Å². The lowest BCUT2D eigenvalue weighted by atomic mass is 10.1. The number of ether oxygens (including phenoxy) is 1. The number of nitrogens with zero attached hydrogens (tertiary/aromatic N) is 2. The summed E-state index contributed by atoms with van der Waals surface area (Å²) < 4.78 is 6.87. The quantitative estimate of drug-likeness (QED) is 0.643. The third kappa shape index (κ3) is 4.27. The first-order chi connectivity index (χ1) is 11.2. The number of halogens is 1. The molecule has 1 aromatic rings. The van der Waals surface area contributed by atoms with Gasteiger partial charge in [0.15, 0.2) is 5.96 Å². The molecule has 1 aromatic carbocycles. The number of guanidine groups is 1. The summed E-state index contributed by atoms with van der Waals surface area (Å²) >= 11 is 3.50. The molecule has 0 aromatic heterocycles. The maximum Gasteiger partial charge on any atom is 0.193 e. The fourth-order valence-corrected chi connectivity index (χ4v) is 3.63. The van der Waals surface area contributed by atoms with E-state index < -0.39 is 0 Å². The van der Waals surface area contributed by atoms with E-state index >= 15 is 0 Å². The molecule has 1 saturated heterocycles. The van der Waals surface area contributed by atoms with Crippen molar-refractivity contribution in [2.24, 2.45) is 4.99 Å². The van der Waals surface area contributed by atoms with E-state index in [0.717, 1.165) is 43.0 Å². The number of aliphatic imine (C=N–C) groups is 1. The SMILES string of the molecule is CCOC1CCN(C(=NC)NC2CC2c2ccc(Br)cc2)CC1. The van der Waals surface area contributed by atoms with E-state index in [2.05, 4.69) is 62.3 Å². The van der Waals surface area contributed by atoms with E-state index in [4.69, 9.17) is 4.74 Å². The predicted octanol–water partition coefficient (Wildman–Crippen LogP) is 3.38. The summed E-state index contributed by atoms with van der Waals surface area (Å²) in [6, 6.07) is 9.19. The smallest absolute Gasteiger partial charge is 0.193 e. The van der Waals surface area contributed by atoms with Gasteiger partial charge in [0.2, 0.25) is 0 Å². The molecule has 2 atom stereocenters. The van der Waals surface area contributed by atoms with E-state index in [0.29, 0.717) is 18.1 Å². The van der Waals surface area contributed by atoms with Gasteiger partial charge >= 0.3 is 0 Å². The second kappa shape index (κ2) is 7.67. The summed E-state index contributed by atoms with van der Waals surface area (Å²) in [4.78, 5) is 6.86. The first kappa shape index (κ1) is 16.8. The number of nitrogens with one attached hydrogen (secondary N) is 1. The topological polar surface area (TPSA) is 36.9 Å². The van der Waals surface area contributed by atoms with Gasteiger partial charge in [-0.05, 0) is 43.9 Å². The van der Waals surface area contributed by atoms with Gasteiger partial charge in [-0.25, -0.2) is 0 Å². The Balaban J connectivity index is 1.50. The molecule has 2 aliphatic rings. The molecule has 3 rings (SSSR count). The normalized spacial score (nSPS) is 25.5. The second-order valence-corrected chi connectivity index (χ2v) is 7.25. The lowest BCUT2D eigenvalue weighted by Crippen LogP contribution is -2.47. The van der Waals surface area contributed by atoms with Crippen LogP contribution < -0.4 is 5.32 Å². The van der Waals surface area contributed by atoms with Crippen molar-refractivity contribution >= 4 is 21.9 Å². The number of hydrogen-bond acceptors (Lipinski definition) is 2. The molecule has 0 radical (unpaired) electrons. The standard InChI is InChI=1S/C18H26BrN3O/c1-3-23-15-8-10-22(11-9-15)18(20-2)21-17-12-16(17)13-4-6-14(19)7-5-13/h4-7,15-17H,3,8-12H2,1-2H3,(H,20,21). The summed E-state index contributed by atoms with van der Waals surface area (Å²) in [5.41, 5.74) is 1.41. The molecule has 1 aliphatic heterocycles. The minimum atomic E-state index is 0.422. The van der Waals surface area contributed by atoms with Crippen LogP contribution in [0.15, 0.2) is 33.7 Å². The summed E-state index contributed by atoms with van der Waals surface area (Å²) in [6.45, 7) is 4.94. The Morgan fingerprint density at radius 3 is 2.61 bits per heavy atom. The van der Waals surface area contributed by atoms with Gasteiger partial charge < -0.3 is 15.0 Å². The van der Waals surface area contributed by atoms with Gasteiger partial charge in [-0.3, -0.25) is 4.99 Å². The molecule has 4 nitrogen and oxygen atoms in total. The van der Waals surface area contributed by atoms with Crippen LogP contribution in [-0.2, 0) is 4.74 Å². The minimum Gasteiger partial charge on any atom is -0.378 e. The maximum absolute atomic E-state index is 5.73. The van der Waals surface area contributed by atoms with Gasteiger partial charge in [-0.1, -0.05) is 28.1 Å². The highest BCUT2D eigenvalue weighted by Gasteiger charge is 2.39. The highest BCUT2D eigenvalue weighted by atomic mass is 79.9. The summed E-state index contributed by atoms with van der Waals surface area (Å²) in [5.74, 6) is 1.66. The van der Waals surface area contributed by atoms with Crippen LogP contribution in [0.25, 0.3) is 0 Å². The molecule has 0 spiro atoms. The van der Waals surface area contributed by atoms with E-state index in [9.17, 15) is 0 Å². The Morgan fingerprint density at radius 2 is 2.00 bits per heavy atom.